The van der Waals surface area contributed by atoms with E-state index in [9.17, 15) is 0 Å². The zero-order valence-electron chi connectivity index (χ0n) is 12.6. The second kappa shape index (κ2) is 7.06. The van der Waals surface area contributed by atoms with Crippen molar-refractivity contribution in [1.82, 2.24) is 20.0 Å². The van der Waals surface area contributed by atoms with Crippen molar-refractivity contribution in [2.75, 3.05) is 20.1 Å². The van der Waals surface area contributed by atoms with Crippen LogP contribution in [0.4, 0.5) is 0 Å². The largest absolute Gasteiger partial charge is 0.313 e. The van der Waals surface area contributed by atoms with Crippen molar-refractivity contribution < 1.29 is 0 Å². The van der Waals surface area contributed by atoms with E-state index in [1.165, 1.54) is 31.2 Å². The lowest BCUT2D eigenvalue weighted by atomic mass is 9.97. The summed E-state index contributed by atoms with van der Waals surface area (Å²) in [7, 11) is 4.19. The Morgan fingerprint density at radius 3 is 2.79 bits per heavy atom. The predicted octanol–water partition coefficient (Wildman–Crippen LogP) is 2.02. The van der Waals surface area contributed by atoms with Gasteiger partial charge in [-0.15, -0.1) is 0 Å². The maximum absolute atomic E-state index is 4.24. The molecule has 1 unspecified atom stereocenters. The van der Waals surface area contributed by atoms with Gasteiger partial charge in [0.2, 0.25) is 0 Å². The zero-order valence-corrected chi connectivity index (χ0v) is 12.6. The third-order valence-corrected chi connectivity index (χ3v) is 4.15. The van der Waals surface area contributed by atoms with Crippen LogP contribution in [0.5, 0.6) is 0 Å². The molecule has 1 aromatic rings. The van der Waals surface area contributed by atoms with Crippen molar-refractivity contribution in [3.05, 3.63) is 18.0 Å². The second-order valence-electron chi connectivity index (χ2n) is 5.93. The van der Waals surface area contributed by atoms with Crippen molar-refractivity contribution in [3.8, 4) is 0 Å². The van der Waals surface area contributed by atoms with Gasteiger partial charge in [0.1, 0.15) is 0 Å². The minimum absolute atomic E-state index is 0.647. The van der Waals surface area contributed by atoms with Gasteiger partial charge >= 0.3 is 0 Å². The maximum Gasteiger partial charge on any atom is 0.0534 e. The lowest BCUT2D eigenvalue weighted by Crippen LogP contribution is -2.43. The number of hydrogen-bond acceptors (Lipinski definition) is 3. The van der Waals surface area contributed by atoms with E-state index in [0.29, 0.717) is 6.04 Å². The first kappa shape index (κ1) is 14.5. The quantitative estimate of drug-likeness (QED) is 0.818. The van der Waals surface area contributed by atoms with E-state index in [4.69, 9.17) is 0 Å². The maximum atomic E-state index is 4.24. The van der Waals surface area contributed by atoms with Crippen LogP contribution in [-0.2, 0) is 13.6 Å². The van der Waals surface area contributed by atoms with Crippen LogP contribution in [0.15, 0.2) is 12.4 Å². The van der Waals surface area contributed by atoms with Gasteiger partial charge in [0.15, 0.2) is 0 Å². The normalized spacial score (nSPS) is 18.3. The van der Waals surface area contributed by atoms with Crippen molar-refractivity contribution in [2.24, 2.45) is 13.0 Å². The molecule has 1 saturated carbocycles. The van der Waals surface area contributed by atoms with Crippen LogP contribution in [0.3, 0.4) is 0 Å². The topological polar surface area (TPSA) is 33.1 Å². The van der Waals surface area contributed by atoms with Crippen LogP contribution >= 0.6 is 0 Å². The van der Waals surface area contributed by atoms with Gasteiger partial charge in [0.25, 0.3) is 0 Å². The average Bonchev–Trinajstić information content (AvgIpc) is 3.00. The summed E-state index contributed by atoms with van der Waals surface area (Å²) in [4.78, 5) is 2.42. The van der Waals surface area contributed by atoms with Crippen LogP contribution in [0.25, 0.3) is 0 Å². The molecule has 1 atom stereocenters. The Kier molecular flexibility index (Phi) is 5.40. The fourth-order valence-electron chi connectivity index (χ4n) is 3.27. The number of nitrogens with zero attached hydrogens (tertiary/aromatic N) is 3. The summed E-state index contributed by atoms with van der Waals surface area (Å²) >= 11 is 0. The Balaban J connectivity index is 1.85. The van der Waals surface area contributed by atoms with E-state index in [2.05, 4.69) is 35.5 Å². The summed E-state index contributed by atoms with van der Waals surface area (Å²) in [6, 6.07) is 0.647. The standard InChI is InChI=1S/C15H28N4/c1-4-16-15(14-7-5-6-8-14)12-18(2)10-13-9-17-19(3)11-13/h9,11,14-16H,4-8,10,12H2,1-3H3. The van der Waals surface area contributed by atoms with E-state index in [-0.39, 0.29) is 0 Å². The monoisotopic (exact) mass is 264 g/mol. The molecular formula is C15H28N4. The fourth-order valence-corrected chi connectivity index (χ4v) is 3.27. The Labute approximate surface area is 117 Å². The minimum Gasteiger partial charge on any atom is -0.313 e. The van der Waals surface area contributed by atoms with E-state index in [0.717, 1.165) is 25.6 Å². The molecular weight excluding hydrogens is 236 g/mol. The minimum atomic E-state index is 0.647. The summed E-state index contributed by atoms with van der Waals surface area (Å²) in [5.74, 6) is 0.872. The van der Waals surface area contributed by atoms with Gasteiger partial charge in [-0.05, 0) is 32.4 Å². The van der Waals surface area contributed by atoms with Crippen LogP contribution in [0.1, 0.15) is 38.2 Å². The molecule has 1 fully saturated rings. The SMILES string of the molecule is CCNC(CN(C)Cc1cnn(C)c1)C1CCCC1. The molecule has 1 N–H and O–H groups in total. The first-order valence-corrected chi connectivity index (χ1v) is 7.58. The first-order chi connectivity index (χ1) is 9.19. The Morgan fingerprint density at radius 2 is 2.21 bits per heavy atom. The van der Waals surface area contributed by atoms with Crippen LogP contribution in [0.2, 0.25) is 0 Å². The highest BCUT2D eigenvalue weighted by Gasteiger charge is 2.25. The van der Waals surface area contributed by atoms with E-state index < -0.39 is 0 Å². The van der Waals surface area contributed by atoms with Crippen molar-refractivity contribution in [2.45, 2.75) is 45.2 Å². The lowest BCUT2D eigenvalue weighted by Gasteiger charge is -2.29. The van der Waals surface area contributed by atoms with Gasteiger partial charge in [-0.1, -0.05) is 19.8 Å². The molecule has 0 aliphatic heterocycles. The number of likely N-dealkylation sites (N-methyl/N-ethyl adjacent to an activating group) is 2. The van der Waals surface area contributed by atoms with Crippen LogP contribution in [-0.4, -0.2) is 40.9 Å². The summed E-state index contributed by atoms with van der Waals surface area (Å²) < 4.78 is 1.88. The highest BCUT2D eigenvalue weighted by Crippen LogP contribution is 2.28. The molecule has 0 amide bonds. The average molecular weight is 264 g/mol. The van der Waals surface area contributed by atoms with Gasteiger partial charge < -0.3 is 10.2 Å². The molecule has 1 heterocycles. The number of aryl methyl sites for hydroxylation is 1. The van der Waals surface area contributed by atoms with Crippen molar-refractivity contribution >= 4 is 0 Å². The van der Waals surface area contributed by atoms with Crippen molar-refractivity contribution in [3.63, 3.8) is 0 Å². The molecule has 4 nitrogen and oxygen atoms in total. The predicted molar refractivity (Wildman–Crippen MR) is 79.0 cm³/mol. The molecule has 0 bridgehead atoms. The number of rotatable bonds is 7. The third-order valence-electron chi connectivity index (χ3n) is 4.15. The summed E-state index contributed by atoms with van der Waals surface area (Å²) in [5.41, 5.74) is 1.30. The smallest absolute Gasteiger partial charge is 0.0534 e. The Hall–Kier alpha value is -0.870. The summed E-state index contributed by atoms with van der Waals surface area (Å²) in [6.07, 6.45) is 9.71. The van der Waals surface area contributed by atoms with E-state index >= 15 is 0 Å². The van der Waals surface area contributed by atoms with Crippen LogP contribution in [0, 0.1) is 5.92 Å². The molecule has 1 aliphatic carbocycles. The molecule has 1 aliphatic rings. The van der Waals surface area contributed by atoms with Crippen molar-refractivity contribution in [1.29, 1.82) is 0 Å². The second-order valence-corrected chi connectivity index (χ2v) is 5.93. The van der Waals surface area contributed by atoms with Gasteiger partial charge in [0.05, 0.1) is 6.20 Å². The Bertz CT molecular complexity index is 368. The third kappa shape index (κ3) is 4.32. The van der Waals surface area contributed by atoms with Crippen LogP contribution < -0.4 is 5.32 Å². The number of hydrogen-bond donors (Lipinski definition) is 1. The van der Waals surface area contributed by atoms with Gasteiger partial charge in [0, 0.05) is 37.9 Å². The molecule has 1 aromatic heterocycles. The molecule has 2 rings (SSSR count). The number of aromatic nitrogens is 2. The van der Waals surface area contributed by atoms with Gasteiger partial charge in [-0.25, -0.2) is 0 Å². The van der Waals surface area contributed by atoms with E-state index in [1.807, 2.05) is 17.9 Å². The molecule has 4 heteroatoms. The lowest BCUT2D eigenvalue weighted by molar-refractivity contribution is 0.237. The molecule has 0 spiro atoms. The van der Waals surface area contributed by atoms with Gasteiger partial charge in [-0.3, -0.25) is 4.68 Å². The molecule has 0 saturated heterocycles. The fraction of sp³-hybridized carbons (Fsp3) is 0.800. The highest BCUT2D eigenvalue weighted by molar-refractivity contribution is 5.03. The molecule has 19 heavy (non-hydrogen) atoms. The zero-order chi connectivity index (χ0) is 13.7. The molecule has 0 radical (unpaired) electrons. The molecule has 0 aromatic carbocycles. The summed E-state index contributed by atoms with van der Waals surface area (Å²) in [6.45, 7) is 5.40. The first-order valence-electron chi connectivity index (χ1n) is 7.58. The Morgan fingerprint density at radius 1 is 1.47 bits per heavy atom. The highest BCUT2D eigenvalue weighted by atomic mass is 15.2. The number of nitrogens with one attached hydrogen (secondary N) is 1. The van der Waals surface area contributed by atoms with Gasteiger partial charge in [-0.2, -0.15) is 5.10 Å². The summed E-state index contributed by atoms with van der Waals surface area (Å²) in [5, 5.41) is 7.92. The van der Waals surface area contributed by atoms with E-state index in [1.54, 1.807) is 0 Å². The molecule has 108 valence electrons.